The second-order valence-electron chi connectivity index (χ2n) is 9.94. The highest BCUT2D eigenvalue weighted by molar-refractivity contribution is 5.81. The number of unbranched alkanes of at least 4 members (excludes halogenated alkanes) is 5. The molecule has 36 heavy (non-hydrogen) atoms. The predicted molar refractivity (Wildman–Crippen MR) is 142 cm³/mol. The number of ether oxygens (including phenoxy) is 2. The van der Waals surface area contributed by atoms with Gasteiger partial charge in [0.2, 0.25) is 5.91 Å². The van der Waals surface area contributed by atoms with E-state index in [-0.39, 0.29) is 12.0 Å². The molecule has 0 unspecified atom stereocenters. The zero-order valence-electron chi connectivity index (χ0n) is 21.9. The van der Waals surface area contributed by atoms with E-state index in [0.717, 1.165) is 55.4 Å². The third-order valence-corrected chi connectivity index (χ3v) is 5.44. The molecule has 1 heterocycles. The molecule has 0 spiro atoms. The Balaban J connectivity index is 1.49. The maximum atomic E-state index is 12.3. The van der Waals surface area contributed by atoms with Crippen molar-refractivity contribution in [2.24, 2.45) is 5.73 Å². The van der Waals surface area contributed by atoms with Gasteiger partial charge in [-0.3, -0.25) is 9.78 Å². The van der Waals surface area contributed by atoms with Crippen LogP contribution in [-0.4, -0.2) is 41.7 Å². The lowest BCUT2D eigenvalue weighted by atomic mass is 10.1. The van der Waals surface area contributed by atoms with E-state index in [4.69, 9.17) is 15.2 Å². The molecule has 0 aliphatic rings. The first-order valence-corrected chi connectivity index (χ1v) is 12.8. The van der Waals surface area contributed by atoms with Crippen molar-refractivity contribution in [1.82, 2.24) is 15.6 Å². The van der Waals surface area contributed by atoms with Crippen molar-refractivity contribution in [2.45, 2.75) is 84.0 Å². The van der Waals surface area contributed by atoms with Crippen LogP contribution >= 0.6 is 0 Å². The standard InChI is InChI=1S/C28H42N4O4/c1-28(2,3)36-27(34)32-17-9-7-5-4-6-8-16-31-26(33)25(29)20-22-10-12-24(13-11-22)35-21-23-14-18-30-19-15-23/h10-15,18-19,25H,4-9,16-17,20-21,29H2,1-3H3,(H,31,33)(H,32,34)/t25-/m0/s1. The molecule has 8 heteroatoms. The Bertz CT molecular complexity index is 898. The summed E-state index contributed by atoms with van der Waals surface area (Å²) >= 11 is 0. The number of nitrogens with one attached hydrogen (secondary N) is 2. The smallest absolute Gasteiger partial charge is 0.407 e. The van der Waals surface area contributed by atoms with Gasteiger partial charge in [-0.05, 0) is 75.4 Å². The second-order valence-corrected chi connectivity index (χ2v) is 9.94. The van der Waals surface area contributed by atoms with Crippen LogP contribution in [0.1, 0.15) is 70.4 Å². The summed E-state index contributed by atoms with van der Waals surface area (Å²) in [5.74, 6) is 0.647. The van der Waals surface area contributed by atoms with E-state index in [1.54, 1.807) is 12.4 Å². The molecule has 1 aromatic carbocycles. The minimum absolute atomic E-state index is 0.124. The number of amides is 2. The Labute approximate surface area is 215 Å². The van der Waals surface area contributed by atoms with E-state index in [9.17, 15) is 9.59 Å². The summed E-state index contributed by atoms with van der Waals surface area (Å²) in [6.45, 7) is 7.30. The predicted octanol–water partition coefficient (Wildman–Crippen LogP) is 4.51. The quantitative estimate of drug-likeness (QED) is 0.311. The van der Waals surface area contributed by atoms with E-state index >= 15 is 0 Å². The summed E-state index contributed by atoms with van der Waals surface area (Å²) in [7, 11) is 0. The van der Waals surface area contributed by atoms with Crippen molar-refractivity contribution in [2.75, 3.05) is 13.1 Å². The number of carbonyl (C=O) groups is 2. The maximum absolute atomic E-state index is 12.3. The summed E-state index contributed by atoms with van der Waals surface area (Å²) in [5, 5.41) is 5.72. The van der Waals surface area contributed by atoms with Crippen molar-refractivity contribution >= 4 is 12.0 Å². The summed E-state index contributed by atoms with van der Waals surface area (Å²) in [5.41, 5.74) is 7.68. The molecule has 2 rings (SSSR count). The molecule has 0 saturated carbocycles. The lowest BCUT2D eigenvalue weighted by Crippen LogP contribution is -2.42. The molecule has 0 saturated heterocycles. The highest BCUT2D eigenvalue weighted by Gasteiger charge is 2.15. The number of rotatable bonds is 15. The minimum atomic E-state index is -0.578. The van der Waals surface area contributed by atoms with Gasteiger partial charge in [0, 0.05) is 25.5 Å². The molecule has 0 aliphatic carbocycles. The van der Waals surface area contributed by atoms with Gasteiger partial charge in [0.25, 0.3) is 0 Å². The molecule has 0 fully saturated rings. The molecule has 0 radical (unpaired) electrons. The number of nitrogens with two attached hydrogens (primary N) is 1. The van der Waals surface area contributed by atoms with Gasteiger partial charge < -0.3 is 25.8 Å². The van der Waals surface area contributed by atoms with Gasteiger partial charge in [0.1, 0.15) is 18.0 Å². The number of pyridine rings is 1. The molecule has 0 aliphatic heterocycles. The number of nitrogens with zero attached hydrogens (tertiary/aromatic N) is 1. The number of hydrogen-bond acceptors (Lipinski definition) is 6. The zero-order chi connectivity index (χ0) is 26.2. The van der Waals surface area contributed by atoms with Crippen molar-refractivity contribution in [3.8, 4) is 5.75 Å². The molecule has 1 atom stereocenters. The largest absolute Gasteiger partial charge is 0.489 e. The number of alkyl carbamates (subject to hydrolysis) is 1. The van der Waals surface area contributed by atoms with Crippen LogP contribution in [0, 0.1) is 0 Å². The monoisotopic (exact) mass is 498 g/mol. The van der Waals surface area contributed by atoms with Gasteiger partial charge in [-0.2, -0.15) is 0 Å². The van der Waals surface area contributed by atoms with Gasteiger partial charge >= 0.3 is 6.09 Å². The number of benzene rings is 1. The average Bonchev–Trinajstić information content (AvgIpc) is 2.84. The van der Waals surface area contributed by atoms with E-state index in [1.165, 1.54) is 0 Å². The van der Waals surface area contributed by atoms with Gasteiger partial charge in [-0.1, -0.05) is 37.8 Å². The zero-order valence-corrected chi connectivity index (χ0v) is 21.9. The second kappa shape index (κ2) is 15.8. The number of carbonyl (C=O) groups excluding carboxylic acids is 2. The van der Waals surface area contributed by atoms with Crippen LogP contribution < -0.4 is 21.1 Å². The van der Waals surface area contributed by atoms with Gasteiger partial charge in [-0.15, -0.1) is 0 Å². The van der Waals surface area contributed by atoms with Crippen LogP contribution in [-0.2, 0) is 22.6 Å². The molecule has 1 aromatic heterocycles. The molecular formula is C28H42N4O4. The summed E-state index contributed by atoms with van der Waals surface area (Å²) in [6, 6.07) is 10.9. The van der Waals surface area contributed by atoms with Crippen LogP contribution in [0.3, 0.4) is 0 Å². The van der Waals surface area contributed by atoms with E-state index < -0.39 is 11.6 Å². The highest BCUT2D eigenvalue weighted by Crippen LogP contribution is 2.15. The third kappa shape index (κ3) is 13.1. The van der Waals surface area contributed by atoms with Gasteiger partial charge in [0.05, 0.1) is 6.04 Å². The van der Waals surface area contributed by atoms with Crippen molar-refractivity contribution < 1.29 is 19.1 Å². The van der Waals surface area contributed by atoms with Crippen LogP contribution in [0.2, 0.25) is 0 Å². The van der Waals surface area contributed by atoms with Gasteiger partial charge in [-0.25, -0.2) is 4.79 Å². The van der Waals surface area contributed by atoms with Crippen LogP contribution in [0.25, 0.3) is 0 Å². The fourth-order valence-corrected chi connectivity index (χ4v) is 3.52. The lowest BCUT2D eigenvalue weighted by Gasteiger charge is -2.19. The number of aromatic nitrogens is 1. The molecule has 4 N–H and O–H groups in total. The van der Waals surface area contributed by atoms with Crippen molar-refractivity contribution in [3.05, 3.63) is 59.9 Å². The topological polar surface area (TPSA) is 116 Å². The molecular weight excluding hydrogens is 456 g/mol. The van der Waals surface area contributed by atoms with E-state index in [0.29, 0.717) is 26.1 Å². The summed E-state index contributed by atoms with van der Waals surface area (Å²) in [4.78, 5) is 27.9. The van der Waals surface area contributed by atoms with Gasteiger partial charge in [0.15, 0.2) is 0 Å². The van der Waals surface area contributed by atoms with Crippen molar-refractivity contribution in [3.63, 3.8) is 0 Å². The molecule has 2 amide bonds. The first-order valence-electron chi connectivity index (χ1n) is 12.8. The molecule has 0 bridgehead atoms. The Morgan fingerprint density at radius 2 is 1.44 bits per heavy atom. The summed E-state index contributed by atoms with van der Waals surface area (Å²) in [6.07, 6.45) is 9.77. The summed E-state index contributed by atoms with van der Waals surface area (Å²) < 4.78 is 11.0. The van der Waals surface area contributed by atoms with Crippen LogP contribution in [0.4, 0.5) is 4.79 Å². The third-order valence-electron chi connectivity index (χ3n) is 5.44. The van der Waals surface area contributed by atoms with E-state index in [2.05, 4.69) is 15.6 Å². The van der Waals surface area contributed by atoms with Crippen LogP contribution in [0.15, 0.2) is 48.8 Å². The normalized spacial score (nSPS) is 12.0. The SMILES string of the molecule is CC(C)(C)OC(=O)NCCCCCCCCNC(=O)[C@@H](N)Cc1ccc(OCc2ccncc2)cc1. The fourth-order valence-electron chi connectivity index (χ4n) is 3.52. The molecule has 8 nitrogen and oxygen atoms in total. The first-order chi connectivity index (χ1) is 17.2. The molecule has 198 valence electrons. The Morgan fingerprint density at radius 1 is 0.861 bits per heavy atom. The maximum Gasteiger partial charge on any atom is 0.407 e. The first kappa shape index (κ1) is 29.1. The highest BCUT2D eigenvalue weighted by atomic mass is 16.6. The van der Waals surface area contributed by atoms with Crippen LogP contribution in [0.5, 0.6) is 5.75 Å². The minimum Gasteiger partial charge on any atom is -0.489 e. The van der Waals surface area contributed by atoms with Crippen molar-refractivity contribution in [1.29, 1.82) is 0 Å². The molecule has 2 aromatic rings. The Kier molecular flexibility index (Phi) is 12.8. The van der Waals surface area contributed by atoms with E-state index in [1.807, 2.05) is 57.2 Å². The Hall–Kier alpha value is -3.13. The number of hydrogen-bond donors (Lipinski definition) is 3. The Morgan fingerprint density at radius 3 is 2.06 bits per heavy atom. The fraction of sp³-hybridized carbons (Fsp3) is 0.536. The lowest BCUT2D eigenvalue weighted by molar-refractivity contribution is -0.122. The average molecular weight is 499 g/mol.